The molecular weight excluding hydrogens is 653 g/mol. The Hall–Kier alpha value is -4.92. The quantitative estimate of drug-likeness (QED) is 0.0799. The van der Waals surface area contributed by atoms with E-state index in [2.05, 4.69) is 12.2 Å². The van der Waals surface area contributed by atoms with Crippen molar-refractivity contribution in [1.82, 2.24) is 10.2 Å². The van der Waals surface area contributed by atoms with Crippen molar-refractivity contribution in [1.29, 1.82) is 0 Å². The molecule has 2 N–H and O–H groups in total. The average molecular weight is 701 g/mol. The SMILES string of the molecule is CCCCCCCCCCCCNC(=O)c1ccc(-c2ccc(CN(Cc3ccc(-c4ccccc4C(F)(F)F)cc3)C(=O)C(=O)O)cc2)cc1. The Morgan fingerprint density at radius 2 is 1.10 bits per heavy atom. The number of halogens is 3. The summed E-state index contributed by atoms with van der Waals surface area (Å²) < 4.78 is 40.6. The predicted molar refractivity (Wildman–Crippen MR) is 195 cm³/mol. The molecule has 0 aliphatic carbocycles. The maximum absolute atomic E-state index is 13.5. The minimum absolute atomic E-state index is 0.0161. The molecule has 0 bridgehead atoms. The zero-order valence-corrected chi connectivity index (χ0v) is 29.2. The van der Waals surface area contributed by atoms with Gasteiger partial charge in [-0.2, -0.15) is 13.2 Å². The van der Waals surface area contributed by atoms with Gasteiger partial charge in [0.1, 0.15) is 0 Å². The third-order valence-electron chi connectivity index (χ3n) is 8.96. The second kappa shape index (κ2) is 19.5. The van der Waals surface area contributed by atoms with Crippen LogP contribution >= 0.6 is 0 Å². The first kappa shape index (κ1) is 38.9. The van der Waals surface area contributed by atoms with Gasteiger partial charge < -0.3 is 15.3 Å². The van der Waals surface area contributed by atoms with Gasteiger partial charge in [-0.15, -0.1) is 0 Å². The van der Waals surface area contributed by atoms with Crippen LogP contribution in [0, 0.1) is 0 Å². The highest BCUT2D eigenvalue weighted by Gasteiger charge is 2.33. The number of aliphatic carboxylic acids is 1. The minimum Gasteiger partial charge on any atom is -0.474 e. The molecule has 0 saturated heterocycles. The zero-order chi connectivity index (χ0) is 36.6. The van der Waals surface area contributed by atoms with Gasteiger partial charge in [-0.25, -0.2) is 4.79 Å². The number of carbonyl (C=O) groups is 3. The maximum Gasteiger partial charge on any atom is 0.417 e. The smallest absolute Gasteiger partial charge is 0.417 e. The highest BCUT2D eigenvalue weighted by Crippen LogP contribution is 2.37. The summed E-state index contributed by atoms with van der Waals surface area (Å²) in [5.74, 6) is -2.79. The Labute approximate surface area is 298 Å². The fourth-order valence-corrected chi connectivity index (χ4v) is 6.08. The minimum atomic E-state index is -4.51. The number of hydrogen-bond donors (Lipinski definition) is 2. The van der Waals surface area contributed by atoms with E-state index in [-0.39, 0.29) is 24.6 Å². The summed E-state index contributed by atoms with van der Waals surface area (Å²) in [6, 6.07) is 26.2. The van der Waals surface area contributed by atoms with Crippen LogP contribution in [0.5, 0.6) is 0 Å². The van der Waals surface area contributed by atoms with Crippen LogP contribution in [0.4, 0.5) is 13.2 Å². The van der Waals surface area contributed by atoms with Crippen LogP contribution in [0.25, 0.3) is 22.3 Å². The lowest BCUT2D eigenvalue weighted by molar-refractivity contribution is -0.156. The number of nitrogens with one attached hydrogen (secondary N) is 1. The van der Waals surface area contributed by atoms with Gasteiger partial charge in [-0.1, -0.05) is 144 Å². The Morgan fingerprint density at radius 3 is 1.61 bits per heavy atom. The summed E-state index contributed by atoms with van der Waals surface area (Å²) in [6.07, 6.45) is 7.91. The van der Waals surface area contributed by atoms with Crippen LogP contribution in [-0.2, 0) is 28.9 Å². The Morgan fingerprint density at radius 1 is 0.627 bits per heavy atom. The normalized spacial score (nSPS) is 11.3. The molecule has 2 amide bonds. The van der Waals surface area contributed by atoms with Crippen molar-refractivity contribution in [3.8, 4) is 22.3 Å². The molecule has 0 aliphatic rings. The molecule has 0 heterocycles. The Kier molecular flexibility index (Phi) is 14.8. The van der Waals surface area contributed by atoms with Crippen molar-refractivity contribution < 1.29 is 32.7 Å². The van der Waals surface area contributed by atoms with Gasteiger partial charge in [0.05, 0.1) is 5.56 Å². The Bertz CT molecular complexity index is 1700. The third kappa shape index (κ3) is 12.1. The second-order valence-electron chi connectivity index (χ2n) is 12.9. The summed E-state index contributed by atoms with van der Waals surface area (Å²) in [4.78, 5) is 38.1. The van der Waals surface area contributed by atoms with Crippen LogP contribution in [0.3, 0.4) is 0 Å². The predicted octanol–water partition coefficient (Wildman–Crippen LogP) is 10.3. The standard InChI is InChI=1S/C42H47F3N2O4/c1-2-3-4-5-6-7-8-9-10-13-28-46-39(48)36-26-24-34(25-27-36)33-20-16-31(17-21-33)29-47(40(49)41(50)51)30-32-18-22-35(23-19-32)37-14-11-12-15-38(37)42(43,44)45/h11-12,14-27H,2-10,13,28-30H2,1H3,(H,46,48)(H,50,51). The topological polar surface area (TPSA) is 86.7 Å². The number of carbonyl (C=O) groups excluding carboxylic acids is 2. The van der Waals surface area contributed by atoms with E-state index in [1.54, 1.807) is 24.3 Å². The number of amides is 2. The summed E-state index contributed by atoms with van der Waals surface area (Å²) in [5.41, 5.74) is 3.29. The van der Waals surface area contributed by atoms with Gasteiger partial charge in [-0.3, -0.25) is 9.59 Å². The van der Waals surface area contributed by atoms with Crippen molar-refractivity contribution >= 4 is 17.8 Å². The van der Waals surface area contributed by atoms with E-state index in [4.69, 9.17) is 0 Å². The van der Waals surface area contributed by atoms with Gasteiger partial charge >= 0.3 is 18.1 Å². The summed E-state index contributed by atoms with van der Waals surface area (Å²) in [7, 11) is 0. The molecule has 9 heteroatoms. The van der Waals surface area contributed by atoms with E-state index >= 15 is 0 Å². The fourth-order valence-electron chi connectivity index (χ4n) is 6.08. The van der Waals surface area contributed by atoms with Gasteiger partial charge in [0.2, 0.25) is 0 Å². The molecule has 0 aliphatic heterocycles. The number of carboxylic acids is 1. The summed E-state index contributed by atoms with van der Waals surface area (Å²) in [5, 5.41) is 12.5. The van der Waals surface area contributed by atoms with Crippen LogP contribution in [0.15, 0.2) is 97.1 Å². The maximum atomic E-state index is 13.5. The van der Waals surface area contributed by atoms with Crippen LogP contribution < -0.4 is 5.32 Å². The molecule has 0 fully saturated rings. The van der Waals surface area contributed by atoms with Gasteiger partial charge in [-0.05, 0) is 58.0 Å². The van der Waals surface area contributed by atoms with E-state index in [1.165, 1.54) is 86.6 Å². The average Bonchev–Trinajstić information content (AvgIpc) is 3.13. The van der Waals surface area contributed by atoms with Crippen molar-refractivity contribution in [3.05, 3.63) is 119 Å². The molecule has 0 aromatic heterocycles. The first-order valence-electron chi connectivity index (χ1n) is 17.8. The molecule has 0 radical (unpaired) electrons. The van der Waals surface area contributed by atoms with Crippen molar-refractivity contribution in [2.75, 3.05) is 6.54 Å². The molecule has 4 aromatic carbocycles. The zero-order valence-electron chi connectivity index (χ0n) is 29.2. The number of alkyl halides is 3. The van der Waals surface area contributed by atoms with Crippen LogP contribution in [0.1, 0.15) is 98.2 Å². The van der Waals surface area contributed by atoms with Crippen molar-refractivity contribution in [3.63, 3.8) is 0 Å². The molecular formula is C42H47F3N2O4. The lowest BCUT2D eigenvalue weighted by Crippen LogP contribution is -2.35. The molecule has 0 spiro atoms. The highest BCUT2D eigenvalue weighted by molar-refractivity contribution is 6.31. The first-order chi connectivity index (χ1) is 24.6. The van der Waals surface area contributed by atoms with Gasteiger partial charge in [0, 0.05) is 25.2 Å². The van der Waals surface area contributed by atoms with E-state index in [9.17, 15) is 32.7 Å². The molecule has 0 saturated carbocycles. The number of unbranched alkanes of at least 4 members (excludes halogenated alkanes) is 9. The molecule has 51 heavy (non-hydrogen) atoms. The number of rotatable bonds is 18. The monoisotopic (exact) mass is 700 g/mol. The summed E-state index contributed by atoms with van der Waals surface area (Å²) >= 11 is 0. The molecule has 270 valence electrons. The van der Waals surface area contributed by atoms with Crippen molar-refractivity contribution in [2.24, 2.45) is 0 Å². The molecule has 0 unspecified atom stereocenters. The highest BCUT2D eigenvalue weighted by atomic mass is 19.4. The first-order valence-corrected chi connectivity index (χ1v) is 17.8. The van der Waals surface area contributed by atoms with E-state index in [1.807, 2.05) is 36.4 Å². The number of hydrogen-bond acceptors (Lipinski definition) is 3. The van der Waals surface area contributed by atoms with E-state index in [0.29, 0.717) is 28.8 Å². The number of nitrogens with zero attached hydrogens (tertiary/aromatic N) is 1. The van der Waals surface area contributed by atoms with E-state index in [0.717, 1.165) is 30.0 Å². The fraction of sp³-hybridized carbons (Fsp3) is 0.357. The number of carboxylic acid groups (broad SMARTS) is 1. The van der Waals surface area contributed by atoms with Crippen LogP contribution in [-0.4, -0.2) is 34.3 Å². The van der Waals surface area contributed by atoms with Crippen LogP contribution in [0.2, 0.25) is 0 Å². The lowest BCUT2D eigenvalue weighted by Gasteiger charge is -2.21. The Balaban J connectivity index is 1.29. The van der Waals surface area contributed by atoms with Gasteiger partial charge in [0.15, 0.2) is 0 Å². The van der Waals surface area contributed by atoms with E-state index < -0.39 is 23.6 Å². The summed E-state index contributed by atoms with van der Waals surface area (Å²) in [6.45, 7) is 2.86. The van der Waals surface area contributed by atoms with Gasteiger partial charge in [0.25, 0.3) is 5.91 Å². The molecule has 4 aromatic rings. The lowest BCUT2D eigenvalue weighted by atomic mass is 9.98. The molecule has 6 nitrogen and oxygen atoms in total. The molecule has 4 rings (SSSR count). The van der Waals surface area contributed by atoms with Crippen molar-refractivity contribution in [2.45, 2.75) is 90.4 Å². The second-order valence-corrected chi connectivity index (χ2v) is 12.9. The largest absolute Gasteiger partial charge is 0.474 e. The molecule has 0 atom stereocenters. The third-order valence-corrected chi connectivity index (χ3v) is 8.96. The number of benzene rings is 4.